The van der Waals surface area contributed by atoms with E-state index in [4.69, 9.17) is 14.2 Å². The van der Waals surface area contributed by atoms with Crippen molar-refractivity contribution in [3.63, 3.8) is 0 Å². The van der Waals surface area contributed by atoms with Crippen LogP contribution >= 0.6 is 15.9 Å². The number of alkyl halides is 1. The average molecular weight is 315 g/mol. The van der Waals surface area contributed by atoms with Crippen molar-refractivity contribution in [2.75, 3.05) is 26.4 Å². The summed E-state index contributed by atoms with van der Waals surface area (Å²) in [7, 11) is 0. The molecule has 1 aromatic rings. The Morgan fingerprint density at radius 1 is 1.39 bits per heavy atom. The molecule has 0 spiro atoms. The summed E-state index contributed by atoms with van der Waals surface area (Å²) in [5, 5.41) is 0.768. The Morgan fingerprint density at radius 2 is 2.28 bits per heavy atom. The lowest BCUT2D eigenvalue weighted by Gasteiger charge is -2.16. The van der Waals surface area contributed by atoms with E-state index in [0.717, 1.165) is 42.0 Å². The van der Waals surface area contributed by atoms with Gasteiger partial charge in [-0.05, 0) is 19.4 Å². The van der Waals surface area contributed by atoms with Crippen LogP contribution in [0.1, 0.15) is 18.9 Å². The van der Waals surface area contributed by atoms with E-state index in [9.17, 15) is 0 Å². The quantitative estimate of drug-likeness (QED) is 0.753. The number of halogens is 1. The third-order valence-corrected chi connectivity index (χ3v) is 3.60. The summed E-state index contributed by atoms with van der Waals surface area (Å²) in [6.45, 7) is 4.99. The number of benzene rings is 1. The Morgan fingerprint density at radius 3 is 2.94 bits per heavy atom. The van der Waals surface area contributed by atoms with Gasteiger partial charge in [-0.25, -0.2) is 0 Å². The number of para-hydroxylation sites is 1. The highest BCUT2D eigenvalue weighted by Crippen LogP contribution is 2.33. The van der Waals surface area contributed by atoms with Gasteiger partial charge >= 0.3 is 0 Å². The van der Waals surface area contributed by atoms with E-state index in [0.29, 0.717) is 19.1 Å². The fraction of sp³-hybridized carbons (Fsp3) is 0.571. The molecule has 0 aliphatic carbocycles. The fourth-order valence-electron chi connectivity index (χ4n) is 2.02. The molecule has 1 heterocycles. The molecule has 0 aromatic heterocycles. The Bertz CT molecular complexity index is 375. The number of hydrogen-bond acceptors (Lipinski definition) is 3. The van der Waals surface area contributed by atoms with Gasteiger partial charge in [0.05, 0.1) is 19.8 Å². The molecule has 1 aliphatic rings. The van der Waals surface area contributed by atoms with Crippen molar-refractivity contribution in [3.8, 4) is 11.5 Å². The van der Waals surface area contributed by atoms with E-state index in [-0.39, 0.29) is 0 Å². The molecule has 1 unspecified atom stereocenters. The fourth-order valence-corrected chi connectivity index (χ4v) is 2.46. The Hall–Kier alpha value is -0.740. The van der Waals surface area contributed by atoms with Crippen LogP contribution in [0, 0.1) is 5.92 Å². The third-order valence-electron chi connectivity index (χ3n) is 2.99. The van der Waals surface area contributed by atoms with E-state index < -0.39 is 0 Å². The zero-order valence-corrected chi connectivity index (χ0v) is 12.2. The molecule has 18 heavy (non-hydrogen) atoms. The number of ether oxygens (including phenoxy) is 3. The summed E-state index contributed by atoms with van der Waals surface area (Å²) in [6, 6.07) is 6.00. The van der Waals surface area contributed by atoms with Crippen LogP contribution < -0.4 is 9.47 Å². The number of rotatable bonds is 6. The third kappa shape index (κ3) is 3.39. The van der Waals surface area contributed by atoms with Crippen molar-refractivity contribution in [2.45, 2.75) is 18.7 Å². The molecule has 100 valence electrons. The van der Waals surface area contributed by atoms with Gasteiger partial charge in [-0.3, -0.25) is 0 Å². The van der Waals surface area contributed by atoms with Gasteiger partial charge in [0.1, 0.15) is 0 Å². The van der Waals surface area contributed by atoms with Crippen LogP contribution in [0.5, 0.6) is 11.5 Å². The Balaban J connectivity index is 2.07. The second-order valence-corrected chi connectivity index (χ2v) is 4.91. The molecule has 3 nitrogen and oxygen atoms in total. The highest BCUT2D eigenvalue weighted by Gasteiger charge is 2.18. The number of hydrogen-bond donors (Lipinski definition) is 0. The molecular formula is C14H19BrO3. The molecule has 4 heteroatoms. The zero-order chi connectivity index (χ0) is 12.8. The summed E-state index contributed by atoms with van der Waals surface area (Å²) in [5.74, 6) is 2.19. The maximum absolute atomic E-state index is 5.96. The normalized spacial score (nSPS) is 18.9. The van der Waals surface area contributed by atoms with Gasteiger partial charge in [0.25, 0.3) is 0 Å². The van der Waals surface area contributed by atoms with Crippen molar-refractivity contribution >= 4 is 15.9 Å². The van der Waals surface area contributed by atoms with Gasteiger partial charge in [-0.1, -0.05) is 28.1 Å². The predicted octanol–water partition coefficient (Wildman–Crippen LogP) is 3.40. The SMILES string of the molecule is CCOc1cccc(CBr)c1OCC1CCOC1. The van der Waals surface area contributed by atoms with Gasteiger partial charge in [-0.2, -0.15) is 0 Å². The summed E-state index contributed by atoms with van der Waals surface area (Å²) in [6.07, 6.45) is 1.08. The molecule has 1 fully saturated rings. The van der Waals surface area contributed by atoms with E-state index in [1.807, 2.05) is 19.1 Å². The molecule has 0 amide bonds. The van der Waals surface area contributed by atoms with Crippen LogP contribution in [0.4, 0.5) is 0 Å². The minimum absolute atomic E-state index is 0.503. The van der Waals surface area contributed by atoms with Gasteiger partial charge in [-0.15, -0.1) is 0 Å². The molecule has 1 aromatic carbocycles. The van der Waals surface area contributed by atoms with E-state index in [2.05, 4.69) is 22.0 Å². The van der Waals surface area contributed by atoms with Crippen LogP contribution in [0.15, 0.2) is 18.2 Å². The first-order valence-corrected chi connectivity index (χ1v) is 7.48. The maximum atomic E-state index is 5.96. The highest BCUT2D eigenvalue weighted by atomic mass is 79.9. The van der Waals surface area contributed by atoms with E-state index in [1.54, 1.807) is 0 Å². The molecule has 0 saturated carbocycles. The lowest BCUT2D eigenvalue weighted by atomic mass is 10.1. The monoisotopic (exact) mass is 314 g/mol. The Labute approximate surface area is 117 Å². The van der Waals surface area contributed by atoms with Crippen molar-refractivity contribution in [3.05, 3.63) is 23.8 Å². The molecule has 0 radical (unpaired) electrons. The van der Waals surface area contributed by atoms with Crippen molar-refractivity contribution in [1.82, 2.24) is 0 Å². The van der Waals surface area contributed by atoms with Crippen molar-refractivity contribution in [2.24, 2.45) is 5.92 Å². The molecule has 1 atom stereocenters. The smallest absolute Gasteiger partial charge is 0.165 e. The molecule has 1 aliphatic heterocycles. The standard InChI is InChI=1S/C14H19BrO3/c1-2-17-13-5-3-4-12(8-15)14(13)18-10-11-6-7-16-9-11/h3-5,11H,2,6-10H2,1H3. The Kier molecular flexibility index (Phi) is 5.32. The molecule has 2 rings (SSSR count). The first kappa shape index (κ1) is 13.7. The van der Waals surface area contributed by atoms with Crippen LogP contribution in [-0.2, 0) is 10.1 Å². The lowest BCUT2D eigenvalue weighted by molar-refractivity contribution is 0.164. The van der Waals surface area contributed by atoms with Crippen LogP contribution in [0.2, 0.25) is 0 Å². The topological polar surface area (TPSA) is 27.7 Å². The van der Waals surface area contributed by atoms with Crippen LogP contribution in [-0.4, -0.2) is 26.4 Å². The van der Waals surface area contributed by atoms with Crippen molar-refractivity contribution in [1.29, 1.82) is 0 Å². The highest BCUT2D eigenvalue weighted by molar-refractivity contribution is 9.08. The summed E-state index contributed by atoms with van der Waals surface area (Å²) in [5.41, 5.74) is 1.12. The summed E-state index contributed by atoms with van der Waals surface area (Å²) >= 11 is 3.49. The predicted molar refractivity (Wildman–Crippen MR) is 74.7 cm³/mol. The van der Waals surface area contributed by atoms with Gasteiger partial charge in [0.2, 0.25) is 0 Å². The molecule has 0 N–H and O–H groups in total. The molecule has 1 saturated heterocycles. The second kappa shape index (κ2) is 7.00. The van der Waals surface area contributed by atoms with Crippen molar-refractivity contribution < 1.29 is 14.2 Å². The summed E-state index contributed by atoms with van der Waals surface area (Å²) < 4.78 is 16.9. The van der Waals surface area contributed by atoms with E-state index in [1.165, 1.54) is 0 Å². The van der Waals surface area contributed by atoms with Gasteiger partial charge in [0, 0.05) is 23.4 Å². The lowest BCUT2D eigenvalue weighted by Crippen LogP contribution is -2.13. The summed E-state index contributed by atoms with van der Waals surface area (Å²) in [4.78, 5) is 0. The minimum atomic E-state index is 0.503. The zero-order valence-electron chi connectivity index (χ0n) is 10.7. The average Bonchev–Trinajstić information content (AvgIpc) is 2.90. The van der Waals surface area contributed by atoms with Crippen LogP contribution in [0.25, 0.3) is 0 Å². The van der Waals surface area contributed by atoms with E-state index >= 15 is 0 Å². The molecular weight excluding hydrogens is 296 g/mol. The first-order chi connectivity index (χ1) is 8.85. The maximum Gasteiger partial charge on any atom is 0.165 e. The van der Waals surface area contributed by atoms with Crippen LogP contribution in [0.3, 0.4) is 0 Å². The van der Waals surface area contributed by atoms with Gasteiger partial charge in [0.15, 0.2) is 11.5 Å². The second-order valence-electron chi connectivity index (χ2n) is 4.35. The first-order valence-electron chi connectivity index (χ1n) is 6.36. The van der Waals surface area contributed by atoms with Gasteiger partial charge < -0.3 is 14.2 Å². The minimum Gasteiger partial charge on any atom is -0.490 e. The molecule has 0 bridgehead atoms. The largest absolute Gasteiger partial charge is 0.490 e.